The Hall–Kier alpha value is -2.79. The lowest BCUT2D eigenvalue weighted by atomic mass is 10.1. The number of aromatic nitrogens is 2. The van der Waals surface area contributed by atoms with Gasteiger partial charge < -0.3 is 10.2 Å². The van der Waals surface area contributed by atoms with Gasteiger partial charge in [0.25, 0.3) is 5.91 Å². The normalized spacial score (nSPS) is 10.6. The zero-order valence-corrected chi connectivity index (χ0v) is 15.1. The van der Waals surface area contributed by atoms with Crippen LogP contribution in [-0.2, 0) is 0 Å². The lowest BCUT2D eigenvalue weighted by Gasteiger charge is -2.18. The van der Waals surface area contributed by atoms with Crippen LogP contribution in [0, 0.1) is 6.92 Å². The first-order valence-corrected chi connectivity index (χ1v) is 8.22. The molecule has 1 heterocycles. The van der Waals surface area contributed by atoms with E-state index in [1.807, 2.05) is 50.3 Å². The van der Waals surface area contributed by atoms with Gasteiger partial charge in [0.15, 0.2) is 0 Å². The number of hydrogen-bond donors (Lipinski definition) is 1. The molecular weight excluding hydrogens is 336 g/mol. The van der Waals surface area contributed by atoms with Crippen molar-refractivity contribution in [2.24, 2.45) is 0 Å². The van der Waals surface area contributed by atoms with E-state index in [1.54, 1.807) is 35.1 Å². The smallest absolute Gasteiger partial charge is 0.255 e. The van der Waals surface area contributed by atoms with Crippen molar-refractivity contribution in [2.45, 2.75) is 6.92 Å². The van der Waals surface area contributed by atoms with Crippen molar-refractivity contribution in [3.63, 3.8) is 0 Å². The molecule has 0 atom stereocenters. The minimum Gasteiger partial charge on any atom is -0.376 e. The summed E-state index contributed by atoms with van der Waals surface area (Å²) >= 11 is 6.06. The molecule has 0 bridgehead atoms. The third-order valence-electron chi connectivity index (χ3n) is 3.79. The van der Waals surface area contributed by atoms with Gasteiger partial charge in [0.1, 0.15) is 0 Å². The molecule has 2 aromatic carbocycles. The van der Waals surface area contributed by atoms with Crippen LogP contribution >= 0.6 is 11.6 Å². The first kappa shape index (κ1) is 17.0. The molecule has 1 amide bonds. The predicted molar refractivity (Wildman–Crippen MR) is 102 cm³/mol. The number of amides is 1. The van der Waals surface area contributed by atoms with Gasteiger partial charge in [0.05, 0.1) is 23.3 Å². The van der Waals surface area contributed by atoms with E-state index >= 15 is 0 Å². The zero-order chi connectivity index (χ0) is 18.0. The summed E-state index contributed by atoms with van der Waals surface area (Å²) in [6.07, 6.45) is 3.73. The summed E-state index contributed by atoms with van der Waals surface area (Å²) in [4.78, 5) is 14.5. The van der Waals surface area contributed by atoms with Gasteiger partial charge in [-0.2, -0.15) is 5.10 Å². The maximum atomic E-state index is 12.6. The van der Waals surface area contributed by atoms with Crippen LogP contribution in [0.25, 0.3) is 5.69 Å². The van der Waals surface area contributed by atoms with Crippen molar-refractivity contribution in [1.29, 1.82) is 0 Å². The van der Waals surface area contributed by atoms with Gasteiger partial charge >= 0.3 is 0 Å². The van der Waals surface area contributed by atoms with E-state index in [-0.39, 0.29) is 5.91 Å². The maximum Gasteiger partial charge on any atom is 0.255 e. The van der Waals surface area contributed by atoms with Crippen molar-refractivity contribution < 1.29 is 4.79 Å². The van der Waals surface area contributed by atoms with Crippen molar-refractivity contribution in [3.05, 3.63) is 71.0 Å². The van der Waals surface area contributed by atoms with Gasteiger partial charge in [0.2, 0.25) is 0 Å². The SMILES string of the molecule is Cc1cnn(-c2ccc(C(=O)Nc3cc(Cl)ccc3N(C)C)cc2)c1. The molecule has 0 radical (unpaired) electrons. The Bertz CT molecular complexity index is 900. The van der Waals surface area contributed by atoms with E-state index in [9.17, 15) is 4.79 Å². The second kappa shape index (κ2) is 6.99. The molecule has 1 aromatic heterocycles. The van der Waals surface area contributed by atoms with Crippen molar-refractivity contribution >= 4 is 28.9 Å². The molecule has 5 nitrogen and oxygen atoms in total. The van der Waals surface area contributed by atoms with E-state index in [2.05, 4.69) is 10.4 Å². The summed E-state index contributed by atoms with van der Waals surface area (Å²) in [7, 11) is 3.83. The van der Waals surface area contributed by atoms with Crippen LogP contribution in [0.4, 0.5) is 11.4 Å². The molecule has 128 valence electrons. The lowest BCUT2D eigenvalue weighted by Crippen LogP contribution is -2.16. The fourth-order valence-electron chi connectivity index (χ4n) is 2.51. The number of nitrogens with one attached hydrogen (secondary N) is 1. The topological polar surface area (TPSA) is 50.2 Å². The lowest BCUT2D eigenvalue weighted by molar-refractivity contribution is 0.102. The number of rotatable bonds is 4. The van der Waals surface area contributed by atoms with Crippen LogP contribution in [0.2, 0.25) is 5.02 Å². The Balaban J connectivity index is 1.81. The van der Waals surface area contributed by atoms with Crippen molar-refractivity contribution in [3.8, 4) is 5.69 Å². The largest absolute Gasteiger partial charge is 0.376 e. The van der Waals surface area contributed by atoms with Crippen LogP contribution in [0.15, 0.2) is 54.9 Å². The van der Waals surface area contributed by atoms with Crippen LogP contribution in [0.1, 0.15) is 15.9 Å². The molecule has 0 saturated carbocycles. The number of anilines is 2. The molecule has 0 saturated heterocycles. The summed E-state index contributed by atoms with van der Waals surface area (Å²) in [5, 5.41) is 7.76. The molecule has 3 aromatic rings. The summed E-state index contributed by atoms with van der Waals surface area (Å²) in [5.74, 6) is -0.187. The Morgan fingerprint density at radius 1 is 1.16 bits per heavy atom. The molecule has 1 N–H and O–H groups in total. The van der Waals surface area contributed by atoms with Crippen LogP contribution in [0.3, 0.4) is 0 Å². The van der Waals surface area contributed by atoms with E-state index in [4.69, 9.17) is 11.6 Å². The number of nitrogens with zero attached hydrogens (tertiary/aromatic N) is 3. The molecule has 0 aliphatic carbocycles. The Morgan fingerprint density at radius 2 is 1.88 bits per heavy atom. The van der Waals surface area contributed by atoms with Gasteiger partial charge in [-0.1, -0.05) is 11.6 Å². The number of hydrogen-bond acceptors (Lipinski definition) is 3. The Kier molecular flexibility index (Phi) is 4.76. The standard InChI is InChI=1S/C19H19ClN4O/c1-13-11-21-24(12-13)16-7-4-14(5-8-16)19(25)22-17-10-15(20)6-9-18(17)23(2)3/h4-12H,1-3H3,(H,22,25). The van der Waals surface area contributed by atoms with E-state index in [0.29, 0.717) is 16.3 Å². The third-order valence-corrected chi connectivity index (χ3v) is 4.03. The summed E-state index contributed by atoms with van der Waals surface area (Å²) in [6.45, 7) is 1.98. The molecule has 0 aliphatic heterocycles. The maximum absolute atomic E-state index is 12.6. The first-order chi connectivity index (χ1) is 11.9. The number of carbonyl (C=O) groups excluding carboxylic acids is 1. The van der Waals surface area contributed by atoms with Gasteiger partial charge in [-0.3, -0.25) is 4.79 Å². The quantitative estimate of drug-likeness (QED) is 0.765. The highest BCUT2D eigenvalue weighted by Crippen LogP contribution is 2.28. The van der Waals surface area contributed by atoms with Crippen LogP contribution in [0.5, 0.6) is 0 Å². The third kappa shape index (κ3) is 3.83. The first-order valence-electron chi connectivity index (χ1n) is 7.84. The average Bonchev–Trinajstić information content (AvgIpc) is 3.01. The monoisotopic (exact) mass is 354 g/mol. The van der Waals surface area contributed by atoms with Crippen molar-refractivity contribution in [1.82, 2.24) is 9.78 Å². The second-order valence-corrected chi connectivity index (χ2v) is 6.46. The molecule has 0 spiro atoms. The van der Waals surface area contributed by atoms with E-state index in [1.165, 1.54) is 0 Å². The van der Waals surface area contributed by atoms with Crippen molar-refractivity contribution in [2.75, 3.05) is 24.3 Å². The molecule has 6 heteroatoms. The number of carbonyl (C=O) groups is 1. The molecule has 0 fully saturated rings. The van der Waals surface area contributed by atoms with Gasteiger partial charge in [-0.05, 0) is 55.0 Å². The average molecular weight is 355 g/mol. The molecule has 0 unspecified atom stereocenters. The van der Waals surface area contributed by atoms with Gasteiger partial charge in [0, 0.05) is 30.9 Å². The summed E-state index contributed by atoms with van der Waals surface area (Å²) < 4.78 is 1.78. The van der Waals surface area contributed by atoms with E-state index < -0.39 is 0 Å². The number of aryl methyl sites for hydroxylation is 1. The minimum atomic E-state index is -0.187. The summed E-state index contributed by atoms with van der Waals surface area (Å²) in [5.41, 5.74) is 4.12. The van der Waals surface area contributed by atoms with Crippen LogP contribution in [-0.4, -0.2) is 29.8 Å². The number of halogens is 1. The second-order valence-electron chi connectivity index (χ2n) is 6.02. The minimum absolute atomic E-state index is 0.187. The fourth-order valence-corrected chi connectivity index (χ4v) is 2.68. The molecule has 0 aliphatic rings. The van der Waals surface area contributed by atoms with E-state index in [0.717, 1.165) is 16.9 Å². The Morgan fingerprint density at radius 3 is 2.48 bits per heavy atom. The highest BCUT2D eigenvalue weighted by atomic mass is 35.5. The Labute approximate surface area is 151 Å². The van der Waals surface area contributed by atoms with Gasteiger partial charge in [-0.15, -0.1) is 0 Å². The number of benzene rings is 2. The summed E-state index contributed by atoms with van der Waals surface area (Å²) in [6, 6.07) is 12.7. The van der Waals surface area contributed by atoms with Crippen LogP contribution < -0.4 is 10.2 Å². The molecule has 3 rings (SSSR count). The highest BCUT2D eigenvalue weighted by Gasteiger charge is 2.11. The van der Waals surface area contributed by atoms with Gasteiger partial charge in [-0.25, -0.2) is 4.68 Å². The fraction of sp³-hybridized carbons (Fsp3) is 0.158. The highest BCUT2D eigenvalue weighted by molar-refractivity contribution is 6.31. The molecule has 25 heavy (non-hydrogen) atoms. The molecular formula is C19H19ClN4O. The zero-order valence-electron chi connectivity index (χ0n) is 14.3. The predicted octanol–water partition coefficient (Wildman–Crippen LogP) is 4.15.